The Hall–Kier alpha value is -1.21. The molecule has 0 aliphatic carbocycles. The van der Waals surface area contributed by atoms with Gasteiger partial charge in [0.05, 0.1) is 24.5 Å². The smallest absolute Gasteiger partial charge is 0.214 e. The fourth-order valence-electron chi connectivity index (χ4n) is 2.68. The average Bonchev–Trinajstić information content (AvgIpc) is 3.18. The van der Waals surface area contributed by atoms with E-state index in [1.165, 1.54) is 10.4 Å². The number of ether oxygens (including phenoxy) is 1. The van der Waals surface area contributed by atoms with Crippen LogP contribution in [0.4, 0.5) is 0 Å². The highest BCUT2D eigenvalue weighted by Gasteiger charge is 2.33. The Balaban J connectivity index is 1.78. The summed E-state index contributed by atoms with van der Waals surface area (Å²) in [6.45, 7) is 4.33. The second kappa shape index (κ2) is 6.73. The van der Waals surface area contributed by atoms with Gasteiger partial charge in [-0.25, -0.2) is 13.1 Å². The van der Waals surface area contributed by atoms with E-state index >= 15 is 0 Å². The van der Waals surface area contributed by atoms with Gasteiger partial charge in [0.2, 0.25) is 10.0 Å². The summed E-state index contributed by atoms with van der Waals surface area (Å²) in [5.41, 5.74) is 2.29. The first-order valence-corrected chi connectivity index (χ1v) is 10.1. The second-order valence-electron chi connectivity index (χ2n) is 6.06. The number of rotatable bonds is 5. The summed E-state index contributed by atoms with van der Waals surface area (Å²) in [6, 6.07) is 12.3. The van der Waals surface area contributed by atoms with Gasteiger partial charge in [-0.05, 0) is 36.4 Å². The molecule has 1 aliphatic rings. The van der Waals surface area contributed by atoms with Crippen molar-refractivity contribution in [3.63, 3.8) is 0 Å². The van der Waals surface area contributed by atoms with E-state index < -0.39 is 15.3 Å². The molecule has 124 valence electrons. The van der Waals surface area contributed by atoms with E-state index in [2.05, 4.69) is 40.4 Å². The number of hydrogen-bond donors (Lipinski definition) is 1. The van der Waals surface area contributed by atoms with Gasteiger partial charge in [-0.15, -0.1) is 11.3 Å². The second-order valence-corrected chi connectivity index (χ2v) is 9.28. The lowest BCUT2D eigenvalue weighted by molar-refractivity contribution is 0.189. The standard InChI is InChI=1S/C17H21NO3S2/c1-12(2)23(19,20)18-16-11-21-10-15(16)13-5-7-14(8-6-13)17-4-3-9-22-17/h3-9,12,15-16,18H,10-11H2,1-2H3/t15-,16-/m0/s1. The lowest BCUT2D eigenvalue weighted by atomic mass is 9.94. The highest BCUT2D eigenvalue weighted by molar-refractivity contribution is 7.90. The van der Waals surface area contributed by atoms with E-state index in [0.717, 1.165) is 5.56 Å². The maximum Gasteiger partial charge on any atom is 0.214 e. The van der Waals surface area contributed by atoms with Gasteiger partial charge in [-0.1, -0.05) is 30.3 Å². The van der Waals surface area contributed by atoms with Crippen molar-refractivity contribution in [3.8, 4) is 10.4 Å². The highest BCUT2D eigenvalue weighted by atomic mass is 32.2. The molecule has 0 bridgehead atoms. The van der Waals surface area contributed by atoms with Gasteiger partial charge >= 0.3 is 0 Å². The molecule has 23 heavy (non-hydrogen) atoms. The zero-order valence-electron chi connectivity index (χ0n) is 13.2. The van der Waals surface area contributed by atoms with Crippen molar-refractivity contribution in [2.24, 2.45) is 0 Å². The van der Waals surface area contributed by atoms with Gasteiger partial charge in [0.25, 0.3) is 0 Å². The van der Waals surface area contributed by atoms with Gasteiger partial charge in [-0.2, -0.15) is 0 Å². The molecule has 1 aromatic heterocycles. The monoisotopic (exact) mass is 351 g/mol. The van der Waals surface area contributed by atoms with E-state index in [0.29, 0.717) is 13.2 Å². The van der Waals surface area contributed by atoms with Gasteiger partial charge in [0.1, 0.15) is 0 Å². The third-order valence-electron chi connectivity index (χ3n) is 4.16. The molecule has 1 aliphatic heterocycles. The first-order valence-electron chi connectivity index (χ1n) is 7.70. The summed E-state index contributed by atoms with van der Waals surface area (Å²) < 4.78 is 32.5. The van der Waals surface area contributed by atoms with Crippen LogP contribution in [0.5, 0.6) is 0 Å². The van der Waals surface area contributed by atoms with E-state index in [9.17, 15) is 8.42 Å². The van der Waals surface area contributed by atoms with Crippen LogP contribution in [0.1, 0.15) is 25.3 Å². The lowest BCUT2D eigenvalue weighted by Gasteiger charge is -2.21. The number of benzene rings is 1. The first kappa shape index (κ1) is 16.6. The average molecular weight is 351 g/mol. The molecule has 3 rings (SSSR count). The van der Waals surface area contributed by atoms with Crippen LogP contribution >= 0.6 is 11.3 Å². The van der Waals surface area contributed by atoms with Crippen LogP contribution in [0.3, 0.4) is 0 Å². The summed E-state index contributed by atoms with van der Waals surface area (Å²) in [4.78, 5) is 1.23. The quantitative estimate of drug-likeness (QED) is 0.900. The van der Waals surface area contributed by atoms with Crippen molar-refractivity contribution in [3.05, 3.63) is 47.3 Å². The Morgan fingerprint density at radius 1 is 1.17 bits per heavy atom. The molecular weight excluding hydrogens is 330 g/mol. The van der Waals surface area contributed by atoms with E-state index in [-0.39, 0.29) is 12.0 Å². The Morgan fingerprint density at radius 3 is 2.52 bits per heavy atom. The van der Waals surface area contributed by atoms with E-state index in [4.69, 9.17) is 4.74 Å². The fraction of sp³-hybridized carbons (Fsp3) is 0.412. The third kappa shape index (κ3) is 3.66. The van der Waals surface area contributed by atoms with Crippen LogP contribution in [-0.4, -0.2) is 32.9 Å². The lowest BCUT2D eigenvalue weighted by Crippen LogP contribution is -2.42. The highest BCUT2D eigenvalue weighted by Crippen LogP contribution is 2.30. The van der Waals surface area contributed by atoms with Crippen LogP contribution in [0.15, 0.2) is 41.8 Å². The van der Waals surface area contributed by atoms with Crippen molar-refractivity contribution in [1.82, 2.24) is 4.72 Å². The van der Waals surface area contributed by atoms with Gasteiger partial charge in [0, 0.05) is 10.8 Å². The van der Waals surface area contributed by atoms with Crippen molar-refractivity contribution >= 4 is 21.4 Å². The molecule has 1 N–H and O–H groups in total. The molecule has 1 fully saturated rings. The predicted molar refractivity (Wildman–Crippen MR) is 94.3 cm³/mol. The number of thiophene rings is 1. The summed E-state index contributed by atoms with van der Waals surface area (Å²) in [6.07, 6.45) is 0. The Labute approximate surface area is 141 Å². The molecule has 0 unspecified atom stereocenters. The van der Waals surface area contributed by atoms with Crippen molar-refractivity contribution in [2.45, 2.75) is 31.1 Å². The summed E-state index contributed by atoms with van der Waals surface area (Å²) >= 11 is 1.71. The van der Waals surface area contributed by atoms with Gasteiger partial charge in [0.15, 0.2) is 0 Å². The van der Waals surface area contributed by atoms with E-state index in [1.54, 1.807) is 25.2 Å². The van der Waals surface area contributed by atoms with Crippen LogP contribution in [0, 0.1) is 0 Å². The van der Waals surface area contributed by atoms with Gasteiger partial charge in [-0.3, -0.25) is 0 Å². The minimum absolute atomic E-state index is 0.0564. The Bertz CT molecular complexity index is 737. The van der Waals surface area contributed by atoms with Crippen LogP contribution in [0.2, 0.25) is 0 Å². The molecule has 2 aromatic rings. The maximum absolute atomic E-state index is 12.1. The number of sulfonamides is 1. The zero-order chi connectivity index (χ0) is 16.4. The summed E-state index contributed by atoms with van der Waals surface area (Å²) in [5, 5.41) is 1.62. The SMILES string of the molecule is CC(C)S(=O)(=O)N[C@H]1COC[C@H]1c1ccc(-c2cccs2)cc1. The molecule has 0 amide bonds. The molecule has 2 atom stereocenters. The number of hydrogen-bond acceptors (Lipinski definition) is 4. The van der Waals surface area contributed by atoms with Crippen LogP contribution in [-0.2, 0) is 14.8 Å². The topological polar surface area (TPSA) is 55.4 Å². The van der Waals surface area contributed by atoms with Crippen molar-refractivity contribution in [2.75, 3.05) is 13.2 Å². The normalized spacial score (nSPS) is 21.9. The molecular formula is C17H21NO3S2. The molecule has 1 aromatic carbocycles. The largest absolute Gasteiger partial charge is 0.379 e. The summed E-state index contributed by atoms with van der Waals surface area (Å²) in [5.74, 6) is 0.0564. The third-order valence-corrected chi connectivity index (χ3v) is 6.95. The molecule has 4 nitrogen and oxygen atoms in total. The maximum atomic E-state index is 12.1. The molecule has 0 saturated carbocycles. The van der Waals surface area contributed by atoms with Gasteiger partial charge < -0.3 is 4.74 Å². The minimum atomic E-state index is -3.29. The van der Waals surface area contributed by atoms with Crippen molar-refractivity contribution in [1.29, 1.82) is 0 Å². The molecule has 6 heteroatoms. The molecule has 0 radical (unpaired) electrons. The van der Waals surface area contributed by atoms with Crippen molar-refractivity contribution < 1.29 is 13.2 Å². The number of nitrogens with one attached hydrogen (secondary N) is 1. The minimum Gasteiger partial charge on any atom is -0.379 e. The molecule has 0 spiro atoms. The van der Waals surface area contributed by atoms with Crippen LogP contribution in [0.25, 0.3) is 10.4 Å². The van der Waals surface area contributed by atoms with Crippen LogP contribution < -0.4 is 4.72 Å². The zero-order valence-corrected chi connectivity index (χ0v) is 14.9. The Kier molecular flexibility index (Phi) is 4.87. The summed E-state index contributed by atoms with van der Waals surface area (Å²) in [7, 11) is -3.29. The molecule has 2 heterocycles. The first-order chi connectivity index (χ1) is 11.0. The Morgan fingerprint density at radius 2 is 1.91 bits per heavy atom. The predicted octanol–water partition coefficient (Wildman–Crippen LogP) is 3.23. The molecule has 1 saturated heterocycles. The fourth-order valence-corrected chi connectivity index (χ4v) is 4.34. The van der Waals surface area contributed by atoms with E-state index in [1.807, 2.05) is 6.07 Å².